The van der Waals surface area contributed by atoms with Gasteiger partial charge < -0.3 is 14.5 Å². The van der Waals surface area contributed by atoms with Crippen molar-refractivity contribution < 1.29 is 13.2 Å². The number of likely N-dealkylation sites (tertiary alicyclic amines) is 1. The van der Waals surface area contributed by atoms with Crippen LogP contribution in [0.4, 0.5) is 13.2 Å². The van der Waals surface area contributed by atoms with Gasteiger partial charge in [0.2, 0.25) is 0 Å². The Balaban J connectivity index is 0.00000289. The number of pyridine rings is 1. The highest BCUT2D eigenvalue weighted by molar-refractivity contribution is 7.99. The number of benzene rings is 1. The van der Waals surface area contributed by atoms with Crippen LogP contribution in [0, 0.1) is 5.41 Å². The van der Waals surface area contributed by atoms with Crippen LogP contribution in [0.15, 0.2) is 52.5 Å². The molecule has 3 aromatic rings. The first kappa shape index (κ1) is 25.8. The molecule has 3 heterocycles. The second-order valence-electron chi connectivity index (χ2n) is 9.25. The first-order chi connectivity index (χ1) is 16.3. The van der Waals surface area contributed by atoms with Gasteiger partial charge >= 0.3 is 6.18 Å². The van der Waals surface area contributed by atoms with Crippen LogP contribution in [-0.2, 0) is 13.2 Å². The smallest absolute Gasteiger partial charge is 0.328 e. The van der Waals surface area contributed by atoms with E-state index >= 15 is 0 Å². The lowest BCUT2D eigenvalue weighted by Crippen LogP contribution is -2.23. The van der Waals surface area contributed by atoms with E-state index in [9.17, 15) is 18.0 Å². The van der Waals surface area contributed by atoms with Crippen molar-refractivity contribution in [1.29, 1.82) is 0 Å². The van der Waals surface area contributed by atoms with Gasteiger partial charge in [-0.25, -0.2) is 0 Å². The summed E-state index contributed by atoms with van der Waals surface area (Å²) in [5.74, 6) is 1.81. The van der Waals surface area contributed by atoms with Crippen LogP contribution in [0.2, 0.25) is 0 Å². The summed E-state index contributed by atoms with van der Waals surface area (Å²) >= 11 is 1.63. The molecule has 0 radical (unpaired) electrons. The molecule has 1 saturated heterocycles. The highest BCUT2D eigenvalue weighted by atomic mass is 35.5. The lowest BCUT2D eigenvalue weighted by atomic mass is 9.97. The molecule has 35 heavy (non-hydrogen) atoms. The van der Waals surface area contributed by atoms with Crippen molar-refractivity contribution in [1.82, 2.24) is 24.6 Å². The number of nitrogens with one attached hydrogen (secondary N) is 1. The summed E-state index contributed by atoms with van der Waals surface area (Å²) in [7, 11) is 1.86. The van der Waals surface area contributed by atoms with E-state index in [1.54, 1.807) is 42.2 Å². The van der Waals surface area contributed by atoms with E-state index in [0.717, 1.165) is 55.4 Å². The normalized spacial score (nSPS) is 21.9. The molecule has 11 heteroatoms. The van der Waals surface area contributed by atoms with Crippen molar-refractivity contribution >= 4 is 24.2 Å². The zero-order chi connectivity index (χ0) is 23.9. The third-order valence-electron chi connectivity index (χ3n) is 7.04. The van der Waals surface area contributed by atoms with E-state index in [4.69, 9.17) is 0 Å². The lowest BCUT2D eigenvalue weighted by Gasteiger charge is -2.16. The topological polar surface area (TPSA) is 66.8 Å². The first-order valence-electron chi connectivity index (χ1n) is 11.4. The Labute approximate surface area is 211 Å². The molecule has 2 aromatic heterocycles. The predicted molar refractivity (Wildman–Crippen MR) is 132 cm³/mol. The monoisotopic (exact) mass is 525 g/mol. The number of aromatic nitrogens is 4. The molecule has 2 aliphatic rings. The van der Waals surface area contributed by atoms with Crippen LogP contribution < -0.4 is 5.56 Å². The Kier molecular flexibility index (Phi) is 7.36. The van der Waals surface area contributed by atoms with Gasteiger partial charge in [-0.2, -0.15) is 13.2 Å². The summed E-state index contributed by atoms with van der Waals surface area (Å²) in [6.07, 6.45) is 0.467. The van der Waals surface area contributed by atoms with Crippen LogP contribution in [0.25, 0.3) is 11.4 Å². The Morgan fingerprint density at radius 1 is 1.20 bits per heavy atom. The van der Waals surface area contributed by atoms with Gasteiger partial charge in [0.15, 0.2) is 11.0 Å². The van der Waals surface area contributed by atoms with Crippen LogP contribution in [0.1, 0.15) is 36.3 Å². The third kappa shape index (κ3) is 5.29. The molecule has 2 atom stereocenters. The van der Waals surface area contributed by atoms with Crippen LogP contribution in [-0.4, -0.2) is 50.0 Å². The second kappa shape index (κ2) is 9.99. The fraction of sp³-hybridized carbons (Fsp3) is 0.458. The van der Waals surface area contributed by atoms with E-state index in [2.05, 4.69) is 20.1 Å². The molecule has 188 valence electrons. The standard InChI is InChI=1S/C24H26F3N5OS.ClH/c1-31-20(18-4-2-10-28-21(18)33)29-30-22(31)34-13-3-11-32-12-9-23(15-32)14-19(23)16-5-7-17(8-6-16)24(25,26)27;/h2,4-8,10,19H,3,9,11-15H2,1H3,(H,28,33);1H/t19-,23+;/m1./s1. The number of rotatable bonds is 7. The molecule has 2 fully saturated rings. The maximum Gasteiger partial charge on any atom is 0.416 e. The summed E-state index contributed by atoms with van der Waals surface area (Å²) in [4.78, 5) is 17.1. The number of hydrogen-bond acceptors (Lipinski definition) is 5. The number of aromatic amines is 1. The average Bonchev–Trinajstić information content (AvgIpc) is 3.16. The molecule has 6 nitrogen and oxygen atoms in total. The minimum Gasteiger partial charge on any atom is -0.328 e. The summed E-state index contributed by atoms with van der Waals surface area (Å²) in [6.45, 7) is 3.03. The maximum absolute atomic E-state index is 12.8. The minimum atomic E-state index is -4.28. The van der Waals surface area contributed by atoms with Gasteiger partial charge in [0.05, 0.1) is 11.1 Å². The average molecular weight is 526 g/mol. The summed E-state index contributed by atoms with van der Waals surface area (Å²) in [5.41, 5.74) is 0.988. The summed E-state index contributed by atoms with van der Waals surface area (Å²) in [6, 6.07) is 9.22. The lowest BCUT2D eigenvalue weighted by molar-refractivity contribution is -0.137. The third-order valence-corrected chi connectivity index (χ3v) is 8.14. The molecule has 1 spiro atoms. The predicted octanol–water partition coefficient (Wildman–Crippen LogP) is 4.97. The Morgan fingerprint density at radius 3 is 2.69 bits per heavy atom. The molecule has 0 unspecified atom stereocenters. The van der Waals surface area contributed by atoms with Gasteiger partial charge in [0.25, 0.3) is 5.56 Å². The van der Waals surface area contributed by atoms with E-state index in [1.165, 1.54) is 12.1 Å². The Morgan fingerprint density at radius 2 is 1.97 bits per heavy atom. The SMILES string of the molecule is Cl.Cn1c(SCCCN2CC[C@]3(C[C@@H]3c3ccc(C(F)(F)F)cc3)C2)nnc1-c1ccc[nH]c1=O. The molecule has 1 aliphatic heterocycles. The van der Waals surface area contributed by atoms with Crippen molar-refractivity contribution in [3.63, 3.8) is 0 Å². The molecule has 1 N–H and O–H groups in total. The van der Waals surface area contributed by atoms with Crippen molar-refractivity contribution in [3.05, 3.63) is 64.1 Å². The highest BCUT2D eigenvalue weighted by Gasteiger charge is 2.57. The molecule has 0 amide bonds. The Bertz CT molecular complexity index is 1230. The zero-order valence-corrected chi connectivity index (χ0v) is 20.8. The van der Waals surface area contributed by atoms with Crippen molar-refractivity contribution in [3.8, 4) is 11.4 Å². The van der Waals surface area contributed by atoms with Crippen molar-refractivity contribution in [2.24, 2.45) is 12.5 Å². The van der Waals surface area contributed by atoms with Gasteiger partial charge in [0, 0.05) is 25.5 Å². The quantitative estimate of drug-likeness (QED) is 0.348. The second-order valence-corrected chi connectivity index (χ2v) is 10.3. The van der Waals surface area contributed by atoms with Gasteiger partial charge in [-0.1, -0.05) is 23.9 Å². The Hall–Kier alpha value is -2.30. The molecule has 1 saturated carbocycles. The van der Waals surface area contributed by atoms with Crippen LogP contribution in [0.3, 0.4) is 0 Å². The molecular weight excluding hydrogens is 499 g/mol. The number of hydrogen-bond donors (Lipinski definition) is 1. The number of halogens is 4. The number of nitrogens with zero attached hydrogens (tertiary/aromatic N) is 4. The van der Waals surface area contributed by atoms with Gasteiger partial charge in [-0.05, 0) is 73.5 Å². The number of alkyl halides is 3. The van der Waals surface area contributed by atoms with Gasteiger partial charge in [-0.3, -0.25) is 4.79 Å². The van der Waals surface area contributed by atoms with Crippen molar-refractivity contribution in [2.45, 2.75) is 36.5 Å². The maximum atomic E-state index is 12.8. The van der Waals surface area contributed by atoms with Crippen LogP contribution in [0.5, 0.6) is 0 Å². The summed E-state index contributed by atoms with van der Waals surface area (Å²) < 4.78 is 40.3. The molecule has 5 rings (SSSR count). The molecule has 1 aromatic carbocycles. The first-order valence-corrected chi connectivity index (χ1v) is 12.4. The fourth-order valence-electron chi connectivity index (χ4n) is 5.07. The zero-order valence-electron chi connectivity index (χ0n) is 19.2. The largest absolute Gasteiger partial charge is 0.416 e. The van der Waals surface area contributed by atoms with E-state index in [1.807, 2.05) is 11.6 Å². The molecular formula is C24H27ClF3N5OS. The number of H-pyrrole nitrogens is 1. The van der Waals surface area contributed by atoms with E-state index < -0.39 is 11.7 Å². The van der Waals surface area contributed by atoms with E-state index in [0.29, 0.717) is 17.3 Å². The minimum absolute atomic E-state index is 0. The summed E-state index contributed by atoms with van der Waals surface area (Å²) in [5, 5.41) is 9.20. The fourth-order valence-corrected chi connectivity index (χ4v) is 5.91. The van der Waals surface area contributed by atoms with E-state index in [-0.39, 0.29) is 23.4 Å². The number of thioether (sulfide) groups is 1. The van der Waals surface area contributed by atoms with Gasteiger partial charge in [0.1, 0.15) is 0 Å². The highest BCUT2D eigenvalue weighted by Crippen LogP contribution is 2.64. The van der Waals surface area contributed by atoms with Crippen molar-refractivity contribution in [2.75, 3.05) is 25.4 Å². The molecule has 1 aliphatic carbocycles. The van der Waals surface area contributed by atoms with Crippen LogP contribution >= 0.6 is 24.2 Å². The van der Waals surface area contributed by atoms with Gasteiger partial charge in [-0.15, -0.1) is 22.6 Å². The molecule has 0 bridgehead atoms.